The van der Waals surface area contributed by atoms with Crippen molar-refractivity contribution in [3.8, 4) is 0 Å². The maximum absolute atomic E-state index is 14.4. The third-order valence-corrected chi connectivity index (χ3v) is 5.80. The number of hydrogen-bond donors (Lipinski definition) is 1. The fourth-order valence-electron chi connectivity index (χ4n) is 4.26. The summed E-state index contributed by atoms with van der Waals surface area (Å²) in [5, 5.41) is 9.39. The lowest BCUT2D eigenvalue weighted by Gasteiger charge is -2.17. The fourth-order valence-corrected chi connectivity index (χ4v) is 4.26. The fraction of sp³-hybridized carbons (Fsp3) is 0.269. The van der Waals surface area contributed by atoms with Gasteiger partial charge in [0.25, 0.3) is 0 Å². The Morgan fingerprint density at radius 3 is 2.47 bits per heavy atom. The predicted molar refractivity (Wildman–Crippen MR) is 122 cm³/mol. The van der Waals surface area contributed by atoms with Gasteiger partial charge >= 0.3 is 5.97 Å². The summed E-state index contributed by atoms with van der Waals surface area (Å²) in [6.07, 6.45) is 0.621. The number of fused-ring (bicyclic) bond motifs is 1. The second-order valence-electron chi connectivity index (χ2n) is 8.13. The first-order valence-electron chi connectivity index (χ1n) is 10.8. The number of carbonyl (C=O) groups is 1. The van der Waals surface area contributed by atoms with E-state index in [2.05, 4.69) is 11.5 Å². The molecule has 32 heavy (non-hydrogen) atoms. The van der Waals surface area contributed by atoms with Gasteiger partial charge in [-0.25, -0.2) is 14.4 Å². The van der Waals surface area contributed by atoms with Gasteiger partial charge in [-0.3, -0.25) is 4.79 Å². The quantitative estimate of drug-likeness (QED) is 0.425. The van der Waals surface area contributed by atoms with Crippen LogP contribution in [-0.2, 0) is 17.8 Å². The van der Waals surface area contributed by atoms with Crippen LogP contribution in [0, 0.1) is 19.7 Å². The lowest BCUT2D eigenvalue weighted by molar-refractivity contribution is -0.137. The van der Waals surface area contributed by atoms with Crippen molar-refractivity contribution in [2.24, 2.45) is 0 Å². The largest absolute Gasteiger partial charge is 0.481 e. The Balaban J connectivity index is 1.68. The van der Waals surface area contributed by atoms with E-state index in [4.69, 9.17) is 9.97 Å². The molecule has 2 heterocycles. The molecule has 6 heteroatoms. The lowest BCUT2D eigenvalue weighted by Crippen LogP contribution is -2.10. The van der Waals surface area contributed by atoms with Gasteiger partial charge < -0.3 is 9.67 Å². The number of aryl methyl sites for hydroxylation is 3. The number of rotatable bonds is 7. The number of aliphatic carboxylic acids is 1. The number of imidazole rings is 1. The van der Waals surface area contributed by atoms with E-state index in [0.717, 1.165) is 45.8 Å². The Morgan fingerprint density at radius 2 is 1.81 bits per heavy atom. The number of aromatic nitrogens is 3. The highest BCUT2D eigenvalue weighted by molar-refractivity contribution is 5.76. The summed E-state index contributed by atoms with van der Waals surface area (Å²) in [7, 11) is 0. The summed E-state index contributed by atoms with van der Waals surface area (Å²) in [5.74, 6) is -0.927. The molecule has 0 fully saturated rings. The van der Waals surface area contributed by atoms with Crippen molar-refractivity contribution < 1.29 is 14.3 Å². The molecule has 1 N–H and O–H groups in total. The molecule has 0 spiro atoms. The number of carboxylic acid groups (broad SMARTS) is 1. The Morgan fingerprint density at radius 1 is 1.09 bits per heavy atom. The molecule has 4 rings (SSSR count). The van der Waals surface area contributed by atoms with Crippen LogP contribution in [-0.4, -0.2) is 25.6 Å². The average Bonchev–Trinajstić information content (AvgIpc) is 3.11. The van der Waals surface area contributed by atoms with Gasteiger partial charge in [0.05, 0.1) is 13.0 Å². The van der Waals surface area contributed by atoms with E-state index in [1.54, 1.807) is 18.2 Å². The molecule has 0 aliphatic heterocycles. The van der Waals surface area contributed by atoms with E-state index in [1.807, 2.05) is 44.2 Å². The summed E-state index contributed by atoms with van der Waals surface area (Å²) in [6.45, 7) is 6.72. The zero-order valence-corrected chi connectivity index (χ0v) is 18.5. The second kappa shape index (κ2) is 8.91. The number of hydrogen-bond acceptors (Lipinski definition) is 3. The van der Waals surface area contributed by atoms with Crippen molar-refractivity contribution in [1.82, 2.24) is 14.5 Å². The average molecular weight is 432 g/mol. The molecule has 0 aliphatic rings. The predicted octanol–water partition coefficient (Wildman–Crippen LogP) is 5.40. The molecule has 1 atom stereocenters. The van der Waals surface area contributed by atoms with E-state index in [9.17, 15) is 14.3 Å². The number of pyridine rings is 1. The normalized spacial score (nSPS) is 12.2. The topological polar surface area (TPSA) is 68.0 Å². The van der Waals surface area contributed by atoms with Crippen LogP contribution in [0.25, 0.3) is 11.2 Å². The number of carboxylic acids is 1. The Kier molecular flexibility index (Phi) is 6.04. The molecular formula is C26H26FN3O2. The van der Waals surface area contributed by atoms with Gasteiger partial charge in [-0.2, -0.15) is 0 Å². The van der Waals surface area contributed by atoms with Gasteiger partial charge in [0.2, 0.25) is 0 Å². The second-order valence-corrected chi connectivity index (χ2v) is 8.13. The summed E-state index contributed by atoms with van der Waals surface area (Å²) >= 11 is 0. The number of benzene rings is 2. The highest BCUT2D eigenvalue weighted by atomic mass is 19.1. The maximum Gasteiger partial charge on any atom is 0.304 e. The van der Waals surface area contributed by atoms with Crippen molar-refractivity contribution in [3.05, 3.63) is 94.2 Å². The van der Waals surface area contributed by atoms with E-state index in [0.29, 0.717) is 12.1 Å². The SMILES string of the molecule is CCc1nc2c(C)cc(C)nc2n1Cc1ccc(C(CC(=O)O)c2ccccc2F)cc1. The first-order valence-corrected chi connectivity index (χ1v) is 10.8. The van der Waals surface area contributed by atoms with E-state index in [1.165, 1.54) is 6.07 Å². The van der Waals surface area contributed by atoms with E-state index >= 15 is 0 Å². The van der Waals surface area contributed by atoms with Crippen LogP contribution >= 0.6 is 0 Å². The van der Waals surface area contributed by atoms with E-state index in [-0.39, 0.29) is 6.42 Å². The Labute approximate surface area is 186 Å². The molecule has 2 aromatic carbocycles. The lowest BCUT2D eigenvalue weighted by atomic mass is 9.88. The molecule has 5 nitrogen and oxygen atoms in total. The zero-order valence-electron chi connectivity index (χ0n) is 18.5. The standard InChI is InChI=1S/C26H26FN3O2/c1-4-23-29-25-16(2)13-17(3)28-26(25)30(23)15-18-9-11-19(12-10-18)21(14-24(31)32)20-7-5-6-8-22(20)27/h5-13,21H,4,14-15H2,1-3H3,(H,31,32). The van der Waals surface area contributed by atoms with Gasteiger partial charge in [0.15, 0.2) is 5.65 Å². The third-order valence-electron chi connectivity index (χ3n) is 5.80. The first-order chi connectivity index (χ1) is 15.4. The molecule has 164 valence electrons. The Bertz CT molecular complexity index is 1280. The molecular weight excluding hydrogens is 405 g/mol. The first kappa shape index (κ1) is 21.7. The van der Waals surface area contributed by atoms with Crippen LogP contribution in [0.1, 0.15) is 53.0 Å². The van der Waals surface area contributed by atoms with Crippen LogP contribution < -0.4 is 0 Å². The highest BCUT2D eigenvalue weighted by Crippen LogP contribution is 2.30. The summed E-state index contributed by atoms with van der Waals surface area (Å²) in [4.78, 5) is 21.0. The van der Waals surface area contributed by atoms with Crippen LogP contribution in [0.3, 0.4) is 0 Å². The van der Waals surface area contributed by atoms with Crippen molar-refractivity contribution in [3.63, 3.8) is 0 Å². The van der Waals surface area contributed by atoms with Crippen molar-refractivity contribution in [1.29, 1.82) is 0 Å². The van der Waals surface area contributed by atoms with Crippen LogP contribution in [0.5, 0.6) is 0 Å². The molecule has 0 saturated heterocycles. The highest BCUT2D eigenvalue weighted by Gasteiger charge is 2.21. The van der Waals surface area contributed by atoms with Crippen molar-refractivity contribution >= 4 is 17.1 Å². The maximum atomic E-state index is 14.4. The molecule has 0 saturated carbocycles. The third kappa shape index (κ3) is 4.26. The summed E-state index contributed by atoms with van der Waals surface area (Å²) in [5.41, 5.74) is 6.08. The Hall–Kier alpha value is -3.54. The van der Waals surface area contributed by atoms with Crippen LogP contribution in [0.4, 0.5) is 4.39 Å². The number of halogens is 1. The zero-order chi connectivity index (χ0) is 22.8. The van der Waals surface area contributed by atoms with Gasteiger partial charge in [0.1, 0.15) is 17.2 Å². The molecule has 4 aromatic rings. The summed E-state index contributed by atoms with van der Waals surface area (Å²) < 4.78 is 16.5. The monoisotopic (exact) mass is 431 g/mol. The molecule has 0 radical (unpaired) electrons. The van der Waals surface area contributed by atoms with Crippen molar-refractivity contribution in [2.75, 3.05) is 0 Å². The smallest absolute Gasteiger partial charge is 0.304 e. The van der Waals surface area contributed by atoms with E-state index < -0.39 is 17.7 Å². The van der Waals surface area contributed by atoms with Gasteiger partial charge in [0, 0.05) is 18.0 Å². The summed E-state index contributed by atoms with van der Waals surface area (Å²) in [6, 6.07) is 16.1. The van der Waals surface area contributed by atoms with Crippen LogP contribution in [0.15, 0.2) is 54.6 Å². The van der Waals surface area contributed by atoms with Gasteiger partial charge in [-0.05, 0) is 48.2 Å². The number of nitrogens with zero attached hydrogens (tertiary/aromatic N) is 3. The van der Waals surface area contributed by atoms with Crippen LogP contribution in [0.2, 0.25) is 0 Å². The molecule has 0 amide bonds. The van der Waals surface area contributed by atoms with Gasteiger partial charge in [-0.15, -0.1) is 0 Å². The molecule has 0 aliphatic carbocycles. The molecule has 0 bridgehead atoms. The minimum Gasteiger partial charge on any atom is -0.481 e. The minimum atomic E-state index is -0.961. The molecule has 2 aromatic heterocycles. The minimum absolute atomic E-state index is 0.172. The molecule has 1 unspecified atom stereocenters. The van der Waals surface area contributed by atoms with Gasteiger partial charge in [-0.1, -0.05) is 49.4 Å². The van der Waals surface area contributed by atoms with Crippen molar-refractivity contribution in [2.45, 2.75) is 46.1 Å².